The topological polar surface area (TPSA) is 25.2 Å². The molecule has 1 saturated carbocycles. The highest BCUT2D eigenvalue weighted by molar-refractivity contribution is 5.17. The molecule has 0 aromatic carbocycles. The van der Waals surface area contributed by atoms with E-state index in [-0.39, 0.29) is 0 Å². The molecule has 2 heteroatoms. The molecule has 1 aromatic rings. The maximum Gasteiger partial charge on any atom is 0.117 e. The zero-order valence-corrected chi connectivity index (χ0v) is 11.3. The maximum absolute atomic E-state index is 5.87. The smallest absolute Gasteiger partial charge is 0.117 e. The monoisotopic (exact) mass is 235 g/mol. The Morgan fingerprint density at radius 3 is 2.88 bits per heavy atom. The molecule has 1 aromatic heterocycles. The van der Waals surface area contributed by atoms with Crippen LogP contribution in [0.15, 0.2) is 16.5 Å². The molecular formula is C15H25NO. The van der Waals surface area contributed by atoms with Crippen molar-refractivity contribution in [2.24, 2.45) is 5.92 Å². The van der Waals surface area contributed by atoms with Crippen LogP contribution in [0.25, 0.3) is 0 Å². The van der Waals surface area contributed by atoms with Gasteiger partial charge in [-0.1, -0.05) is 26.7 Å². The van der Waals surface area contributed by atoms with Gasteiger partial charge in [-0.15, -0.1) is 0 Å². The number of furan rings is 1. The summed E-state index contributed by atoms with van der Waals surface area (Å²) < 4.78 is 5.87. The normalized spacial score (nSPS) is 24.9. The first-order valence-corrected chi connectivity index (χ1v) is 7.02. The molecule has 1 aliphatic carbocycles. The molecule has 1 fully saturated rings. The van der Waals surface area contributed by atoms with E-state index in [0.29, 0.717) is 12.0 Å². The van der Waals surface area contributed by atoms with Crippen molar-refractivity contribution < 1.29 is 4.42 Å². The fourth-order valence-electron chi connectivity index (χ4n) is 2.29. The van der Waals surface area contributed by atoms with E-state index >= 15 is 0 Å². The van der Waals surface area contributed by atoms with E-state index in [0.717, 1.165) is 18.2 Å². The summed E-state index contributed by atoms with van der Waals surface area (Å²) in [7, 11) is 0. The van der Waals surface area contributed by atoms with E-state index in [4.69, 9.17) is 4.42 Å². The average Bonchev–Trinajstić information content (AvgIpc) is 2.88. The van der Waals surface area contributed by atoms with E-state index in [1.54, 1.807) is 0 Å². The van der Waals surface area contributed by atoms with Gasteiger partial charge in [0.15, 0.2) is 0 Å². The lowest BCUT2D eigenvalue weighted by Gasteiger charge is -2.11. The quantitative estimate of drug-likeness (QED) is 0.770. The second kappa shape index (κ2) is 5.72. The lowest BCUT2D eigenvalue weighted by atomic mass is 10.1. The van der Waals surface area contributed by atoms with Gasteiger partial charge in [0.05, 0.1) is 6.54 Å². The highest BCUT2D eigenvalue weighted by Crippen LogP contribution is 2.47. The Hall–Kier alpha value is -0.760. The highest BCUT2D eigenvalue weighted by Gasteiger charge is 2.36. The fraction of sp³-hybridized carbons (Fsp3) is 0.733. The molecule has 1 aliphatic rings. The van der Waals surface area contributed by atoms with Crippen LogP contribution in [0.2, 0.25) is 0 Å². The molecule has 2 rings (SSSR count). The number of rotatable bonds is 7. The molecule has 1 N–H and O–H groups in total. The van der Waals surface area contributed by atoms with Crippen LogP contribution in [-0.2, 0) is 6.54 Å². The fourth-order valence-corrected chi connectivity index (χ4v) is 2.29. The van der Waals surface area contributed by atoms with Crippen LogP contribution < -0.4 is 5.32 Å². The Labute approximate surface area is 105 Å². The molecule has 0 spiro atoms. The first-order chi connectivity index (χ1) is 8.20. The summed E-state index contributed by atoms with van der Waals surface area (Å²) in [5.41, 5.74) is 0. The Morgan fingerprint density at radius 2 is 2.24 bits per heavy atom. The molecule has 96 valence electrons. The van der Waals surface area contributed by atoms with Crippen LogP contribution in [0.4, 0.5) is 0 Å². The van der Waals surface area contributed by atoms with Gasteiger partial charge in [0.2, 0.25) is 0 Å². The summed E-state index contributed by atoms with van der Waals surface area (Å²) in [5.74, 6) is 3.80. The van der Waals surface area contributed by atoms with E-state index in [2.05, 4.69) is 38.2 Å². The second-order valence-corrected chi connectivity index (χ2v) is 5.55. The predicted octanol–water partition coefficient (Wildman–Crippen LogP) is 4.07. The molecule has 0 saturated heterocycles. The minimum atomic E-state index is 0.586. The molecule has 0 radical (unpaired) electrons. The summed E-state index contributed by atoms with van der Waals surface area (Å²) in [5, 5.41) is 3.52. The Kier molecular flexibility index (Phi) is 4.27. The number of hydrogen-bond acceptors (Lipinski definition) is 2. The third-order valence-electron chi connectivity index (χ3n) is 3.77. The van der Waals surface area contributed by atoms with Crippen molar-refractivity contribution in [1.29, 1.82) is 0 Å². The van der Waals surface area contributed by atoms with Gasteiger partial charge in [-0.25, -0.2) is 0 Å². The SMILES string of the molecule is CCCCC(C)NCc1ccc(C2CC2C)o1. The summed E-state index contributed by atoms with van der Waals surface area (Å²) in [6.07, 6.45) is 5.13. The largest absolute Gasteiger partial charge is 0.464 e. The van der Waals surface area contributed by atoms with Crippen LogP contribution in [0.1, 0.15) is 63.9 Å². The van der Waals surface area contributed by atoms with Crippen molar-refractivity contribution >= 4 is 0 Å². The Balaban J connectivity index is 1.73. The molecular weight excluding hydrogens is 210 g/mol. The van der Waals surface area contributed by atoms with Crippen LogP contribution in [-0.4, -0.2) is 6.04 Å². The lowest BCUT2D eigenvalue weighted by molar-refractivity contribution is 0.416. The zero-order valence-electron chi connectivity index (χ0n) is 11.3. The van der Waals surface area contributed by atoms with E-state index in [1.165, 1.54) is 31.4 Å². The van der Waals surface area contributed by atoms with Gasteiger partial charge in [-0.05, 0) is 37.8 Å². The van der Waals surface area contributed by atoms with Crippen molar-refractivity contribution in [3.63, 3.8) is 0 Å². The lowest BCUT2D eigenvalue weighted by Crippen LogP contribution is -2.24. The summed E-state index contributed by atoms with van der Waals surface area (Å²) in [6, 6.07) is 4.87. The van der Waals surface area contributed by atoms with Crippen molar-refractivity contribution in [1.82, 2.24) is 5.32 Å². The first-order valence-electron chi connectivity index (χ1n) is 7.02. The third kappa shape index (κ3) is 3.60. The summed E-state index contributed by atoms with van der Waals surface area (Å²) >= 11 is 0. The van der Waals surface area contributed by atoms with Crippen molar-refractivity contribution in [2.75, 3.05) is 0 Å². The van der Waals surface area contributed by atoms with Crippen LogP contribution in [0, 0.1) is 5.92 Å². The van der Waals surface area contributed by atoms with Crippen molar-refractivity contribution in [2.45, 2.75) is 65.0 Å². The average molecular weight is 235 g/mol. The minimum Gasteiger partial charge on any atom is -0.464 e. The van der Waals surface area contributed by atoms with Gasteiger partial charge in [-0.3, -0.25) is 0 Å². The number of hydrogen-bond donors (Lipinski definition) is 1. The van der Waals surface area contributed by atoms with Crippen LogP contribution in [0.3, 0.4) is 0 Å². The third-order valence-corrected chi connectivity index (χ3v) is 3.77. The van der Waals surface area contributed by atoms with Crippen LogP contribution in [0.5, 0.6) is 0 Å². The molecule has 3 atom stereocenters. The molecule has 1 heterocycles. The molecule has 17 heavy (non-hydrogen) atoms. The molecule has 2 nitrogen and oxygen atoms in total. The Morgan fingerprint density at radius 1 is 1.47 bits per heavy atom. The summed E-state index contributed by atoms with van der Waals surface area (Å²) in [6.45, 7) is 7.65. The van der Waals surface area contributed by atoms with Crippen molar-refractivity contribution in [3.8, 4) is 0 Å². The highest BCUT2D eigenvalue weighted by atomic mass is 16.3. The van der Waals surface area contributed by atoms with E-state index < -0.39 is 0 Å². The summed E-state index contributed by atoms with van der Waals surface area (Å²) in [4.78, 5) is 0. The number of nitrogens with one attached hydrogen (secondary N) is 1. The van der Waals surface area contributed by atoms with Crippen molar-refractivity contribution in [3.05, 3.63) is 23.7 Å². The van der Waals surface area contributed by atoms with Gasteiger partial charge in [0.25, 0.3) is 0 Å². The van der Waals surface area contributed by atoms with Gasteiger partial charge in [-0.2, -0.15) is 0 Å². The second-order valence-electron chi connectivity index (χ2n) is 5.55. The van der Waals surface area contributed by atoms with Gasteiger partial charge < -0.3 is 9.73 Å². The minimum absolute atomic E-state index is 0.586. The number of unbranched alkanes of at least 4 members (excludes halogenated alkanes) is 1. The van der Waals surface area contributed by atoms with Gasteiger partial charge in [0.1, 0.15) is 11.5 Å². The van der Waals surface area contributed by atoms with Crippen LogP contribution >= 0.6 is 0 Å². The maximum atomic E-state index is 5.87. The first kappa shape index (κ1) is 12.7. The Bertz CT molecular complexity index is 344. The van der Waals surface area contributed by atoms with E-state index in [1.807, 2.05) is 0 Å². The molecule has 0 bridgehead atoms. The molecule has 3 unspecified atom stereocenters. The molecule has 0 amide bonds. The van der Waals surface area contributed by atoms with Gasteiger partial charge in [0, 0.05) is 12.0 Å². The van der Waals surface area contributed by atoms with E-state index in [9.17, 15) is 0 Å². The standard InChI is InChI=1S/C15H25NO/c1-4-5-6-12(3)16-10-13-7-8-15(17-13)14-9-11(14)2/h7-8,11-12,14,16H,4-6,9-10H2,1-3H3. The zero-order chi connectivity index (χ0) is 12.3. The van der Waals surface area contributed by atoms with Gasteiger partial charge >= 0.3 is 0 Å². The molecule has 0 aliphatic heterocycles. The predicted molar refractivity (Wildman–Crippen MR) is 71.1 cm³/mol.